The Morgan fingerprint density at radius 2 is 2.00 bits per heavy atom. The highest BCUT2D eigenvalue weighted by Crippen LogP contribution is 2.27. The molecule has 3 rings (SSSR count). The van der Waals surface area contributed by atoms with Gasteiger partial charge in [0.25, 0.3) is 0 Å². The van der Waals surface area contributed by atoms with Crippen LogP contribution in [0, 0.1) is 5.92 Å². The topological polar surface area (TPSA) is 69.6 Å². The quantitative estimate of drug-likeness (QED) is 0.920. The van der Waals surface area contributed by atoms with Crippen LogP contribution in [-0.2, 0) is 0 Å². The molecule has 0 saturated carbocycles. The van der Waals surface area contributed by atoms with E-state index >= 15 is 0 Å². The molecule has 2 aliphatic heterocycles. The van der Waals surface area contributed by atoms with E-state index in [2.05, 4.69) is 26.9 Å². The molecule has 3 heterocycles. The molecule has 0 aliphatic carbocycles. The number of anilines is 1. The minimum atomic E-state index is -0.990. The highest BCUT2D eigenvalue weighted by molar-refractivity contribution is 7.17. The second-order valence-corrected chi connectivity index (χ2v) is 7.11. The van der Waals surface area contributed by atoms with E-state index in [4.69, 9.17) is 5.11 Å². The molecular formula is C14H22N4O2S. The van der Waals surface area contributed by atoms with E-state index in [0.29, 0.717) is 6.04 Å². The zero-order valence-corrected chi connectivity index (χ0v) is 13.2. The molecule has 0 radical (unpaired) electrons. The normalized spacial score (nSPS) is 25.2. The fourth-order valence-corrected chi connectivity index (χ4v) is 4.14. The Hall–Kier alpha value is -1.21. The first kappa shape index (κ1) is 14.7. The van der Waals surface area contributed by atoms with Gasteiger partial charge in [-0.15, -0.1) is 10.2 Å². The molecule has 7 heteroatoms. The third-order valence-corrected chi connectivity index (χ3v) is 5.51. The van der Waals surface area contributed by atoms with Crippen molar-refractivity contribution in [1.82, 2.24) is 15.1 Å². The van der Waals surface area contributed by atoms with E-state index in [-0.39, 0.29) is 5.01 Å². The molecule has 2 saturated heterocycles. The van der Waals surface area contributed by atoms with E-state index in [9.17, 15) is 4.79 Å². The predicted octanol–water partition coefficient (Wildman–Crippen LogP) is 1.94. The number of aromatic nitrogens is 2. The molecule has 1 N–H and O–H groups in total. The minimum absolute atomic E-state index is 0.0805. The fraction of sp³-hybridized carbons (Fsp3) is 0.786. The minimum Gasteiger partial charge on any atom is -0.476 e. The summed E-state index contributed by atoms with van der Waals surface area (Å²) in [6.07, 6.45) is 4.95. The first-order valence-electron chi connectivity index (χ1n) is 7.69. The summed E-state index contributed by atoms with van der Waals surface area (Å²) in [5.74, 6) is -0.172. The van der Waals surface area contributed by atoms with Crippen LogP contribution in [0.15, 0.2) is 0 Å². The first-order valence-corrected chi connectivity index (χ1v) is 8.51. The second-order valence-electron chi connectivity index (χ2n) is 6.16. The van der Waals surface area contributed by atoms with Crippen molar-refractivity contribution in [3.63, 3.8) is 0 Å². The number of carbonyl (C=O) groups is 1. The van der Waals surface area contributed by atoms with Gasteiger partial charge in [0.15, 0.2) is 0 Å². The molecule has 0 aromatic carbocycles. The van der Waals surface area contributed by atoms with Gasteiger partial charge in [-0.1, -0.05) is 18.3 Å². The molecule has 21 heavy (non-hydrogen) atoms. The van der Waals surface area contributed by atoms with Crippen molar-refractivity contribution in [1.29, 1.82) is 0 Å². The molecule has 2 aliphatic rings. The molecule has 1 aromatic rings. The van der Waals surface area contributed by atoms with Crippen LogP contribution in [0.2, 0.25) is 0 Å². The number of carboxylic acid groups (broad SMARTS) is 1. The van der Waals surface area contributed by atoms with Gasteiger partial charge in [-0.05, 0) is 38.1 Å². The zero-order valence-electron chi connectivity index (χ0n) is 12.4. The number of rotatable bonds is 3. The number of nitrogens with zero attached hydrogens (tertiary/aromatic N) is 4. The Balaban J connectivity index is 1.55. The maximum Gasteiger partial charge on any atom is 0.367 e. The number of piperidine rings is 2. The molecule has 0 amide bonds. The van der Waals surface area contributed by atoms with Gasteiger partial charge in [0, 0.05) is 25.7 Å². The lowest BCUT2D eigenvalue weighted by Crippen LogP contribution is -2.48. The highest BCUT2D eigenvalue weighted by Gasteiger charge is 2.28. The summed E-state index contributed by atoms with van der Waals surface area (Å²) in [6, 6.07) is 0.677. The molecule has 1 aromatic heterocycles. The summed E-state index contributed by atoms with van der Waals surface area (Å²) in [7, 11) is 0. The van der Waals surface area contributed by atoms with Crippen LogP contribution in [0.3, 0.4) is 0 Å². The first-order chi connectivity index (χ1) is 10.1. The molecule has 0 spiro atoms. The van der Waals surface area contributed by atoms with E-state index in [0.717, 1.165) is 37.0 Å². The monoisotopic (exact) mass is 310 g/mol. The summed E-state index contributed by atoms with van der Waals surface area (Å²) in [6.45, 7) is 6.70. The van der Waals surface area contributed by atoms with Crippen LogP contribution in [0.5, 0.6) is 0 Å². The average Bonchev–Trinajstić information content (AvgIpc) is 2.97. The van der Waals surface area contributed by atoms with E-state index in [1.54, 1.807) is 0 Å². The number of hydrogen-bond acceptors (Lipinski definition) is 6. The van der Waals surface area contributed by atoms with Crippen molar-refractivity contribution < 1.29 is 9.90 Å². The van der Waals surface area contributed by atoms with E-state index < -0.39 is 5.97 Å². The van der Waals surface area contributed by atoms with E-state index in [1.807, 2.05) is 0 Å². The van der Waals surface area contributed by atoms with Crippen LogP contribution in [0.25, 0.3) is 0 Å². The van der Waals surface area contributed by atoms with Crippen LogP contribution < -0.4 is 4.90 Å². The number of hydrogen-bond donors (Lipinski definition) is 1. The Kier molecular flexibility index (Phi) is 4.40. The third kappa shape index (κ3) is 3.35. The largest absolute Gasteiger partial charge is 0.476 e. The summed E-state index contributed by atoms with van der Waals surface area (Å²) < 4.78 is 0. The van der Waals surface area contributed by atoms with Crippen molar-refractivity contribution in [2.75, 3.05) is 31.1 Å². The number of likely N-dealkylation sites (tertiary alicyclic amines) is 1. The van der Waals surface area contributed by atoms with Crippen molar-refractivity contribution >= 4 is 22.4 Å². The summed E-state index contributed by atoms with van der Waals surface area (Å²) in [5.41, 5.74) is 0. The van der Waals surface area contributed by atoms with Crippen molar-refractivity contribution in [3.05, 3.63) is 5.01 Å². The summed E-state index contributed by atoms with van der Waals surface area (Å²) in [5, 5.41) is 17.5. The Labute approximate surface area is 128 Å². The smallest absolute Gasteiger partial charge is 0.367 e. The van der Waals surface area contributed by atoms with Crippen molar-refractivity contribution in [3.8, 4) is 0 Å². The molecule has 0 bridgehead atoms. The van der Waals surface area contributed by atoms with E-state index in [1.165, 1.54) is 37.3 Å². The van der Waals surface area contributed by atoms with Crippen LogP contribution in [0.1, 0.15) is 42.4 Å². The lowest BCUT2D eigenvalue weighted by Gasteiger charge is -2.41. The Morgan fingerprint density at radius 3 is 2.62 bits per heavy atom. The molecule has 1 atom stereocenters. The van der Waals surface area contributed by atoms with Gasteiger partial charge in [-0.25, -0.2) is 4.79 Å². The number of carboxylic acids is 1. The number of aromatic carboxylic acids is 1. The van der Waals surface area contributed by atoms with Crippen LogP contribution >= 0.6 is 11.3 Å². The van der Waals surface area contributed by atoms with Gasteiger partial charge in [-0.2, -0.15) is 0 Å². The van der Waals surface area contributed by atoms with Gasteiger partial charge in [-0.3, -0.25) is 4.90 Å². The van der Waals surface area contributed by atoms with Crippen molar-refractivity contribution in [2.45, 2.75) is 38.6 Å². The van der Waals surface area contributed by atoms with Crippen molar-refractivity contribution in [2.24, 2.45) is 5.92 Å². The molecular weight excluding hydrogens is 288 g/mol. The standard InChI is InChI=1S/C14H22N4O2S/c1-10-3-2-6-18(9-10)11-4-7-17(8-5-11)14-16-15-12(21-14)13(19)20/h10-11H,2-9H2,1H3,(H,19,20)/t10-/m1/s1. The maximum absolute atomic E-state index is 10.9. The maximum atomic E-state index is 10.9. The van der Waals surface area contributed by atoms with Gasteiger partial charge < -0.3 is 10.0 Å². The molecule has 0 unspecified atom stereocenters. The van der Waals surface area contributed by atoms with Gasteiger partial charge in [0.1, 0.15) is 0 Å². The van der Waals surface area contributed by atoms with Gasteiger partial charge >= 0.3 is 5.97 Å². The summed E-state index contributed by atoms with van der Waals surface area (Å²) in [4.78, 5) is 15.7. The van der Waals surface area contributed by atoms with Crippen LogP contribution in [0.4, 0.5) is 5.13 Å². The SMILES string of the molecule is C[C@@H]1CCCN(C2CCN(c3nnc(C(=O)O)s3)CC2)C1. The van der Waals surface area contributed by atoms with Crippen LogP contribution in [-0.4, -0.2) is 58.4 Å². The second kappa shape index (κ2) is 6.27. The van der Waals surface area contributed by atoms with Gasteiger partial charge in [0.05, 0.1) is 0 Å². The zero-order chi connectivity index (χ0) is 14.8. The lowest BCUT2D eigenvalue weighted by molar-refractivity contribution is 0.0695. The fourth-order valence-electron chi connectivity index (χ4n) is 3.41. The highest BCUT2D eigenvalue weighted by atomic mass is 32.1. The third-order valence-electron chi connectivity index (χ3n) is 4.54. The predicted molar refractivity (Wildman–Crippen MR) is 82.1 cm³/mol. The Morgan fingerprint density at radius 1 is 1.24 bits per heavy atom. The lowest BCUT2D eigenvalue weighted by atomic mass is 9.95. The average molecular weight is 310 g/mol. The molecule has 2 fully saturated rings. The molecule has 6 nitrogen and oxygen atoms in total. The summed E-state index contributed by atoms with van der Waals surface area (Å²) >= 11 is 1.18. The van der Waals surface area contributed by atoms with Gasteiger partial charge in [0.2, 0.25) is 10.1 Å². The molecule has 116 valence electrons. The Bertz CT molecular complexity index is 499.